The van der Waals surface area contributed by atoms with Crippen LogP contribution in [0, 0.1) is 18.3 Å². The van der Waals surface area contributed by atoms with Gasteiger partial charge < -0.3 is 14.8 Å². The summed E-state index contributed by atoms with van der Waals surface area (Å²) >= 11 is 6.35. The molecule has 1 atom stereocenters. The zero-order valence-corrected chi connectivity index (χ0v) is 17.1. The lowest BCUT2D eigenvalue weighted by molar-refractivity contribution is -0.112. The molecule has 0 aromatic heterocycles. The third-order valence-corrected chi connectivity index (χ3v) is 4.41. The Balaban J connectivity index is 2.30. The van der Waals surface area contributed by atoms with Gasteiger partial charge in [0.15, 0.2) is 11.5 Å². The molecule has 1 N–H and O–H groups in total. The van der Waals surface area contributed by atoms with Crippen LogP contribution < -0.4 is 14.8 Å². The van der Waals surface area contributed by atoms with Gasteiger partial charge in [0.2, 0.25) is 0 Å². The van der Waals surface area contributed by atoms with Crippen LogP contribution in [0.3, 0.4) is 0 Å². The molecule has 0 heterocycles. The van der Waals surface area contributed by atoms with Crippen molar-refractivity contribution in [1.29, 1.82) is 5.26 Å². The molecular weight excluding hydrogens is 376 g/mol. The summed E-state index contributed by atoms with van der Waals surface area (Å²) in [6, 6.07) is 12.6. The van der Waals surface area contributed by atoms with Crippen molar-refractivity contribution in [2.75, 3.05) is 12.4 Å². The number of ether oxygens (including phenoxy) is 2. The number of amides is 1. The number of hydrogen-bond donors (Lipinski definition) is 1. The van der Waals surface area contributed by atoms with Gasteiger partial charge in [-0.1, -0.05) is 36.2 Å². The van der Waals surface area contributed by atoms with E-state index < -0.39 is 5.91 Å². The van der Waals surface area contributed by atoms with E-state index in [1.54, 1.807) is 24.3 Å². The molecule has 0 radical (unpaired) electrons. The van der Waals surface area contributed by atoms with E-state index in [-0.39, 0.29) is 11.7 Å². The van der Waals surface area contributed by atoms with E-state index in [0.29, 0.717) is 27.8 Å². The van der Waals surface area contributed by atoms with Crippen LogP contribution in [0.5, 0.6) is 11.5 Å². The van der Waals surface area contributed by atoms with Crippen molar-refractivity contribution in [2.45, 2.75) is 33.3 Å². The predicted octanol–water partition coefficient (Wildman–Crippen LogP) is 5.38. The van der Waals surface area contributed by atoms with E-state index in [1.165, 1.54) is 13.2 Å². The van der Waals surface area contributed by atoms with Crippen molar-refractivity contribution in [2.24, 2.45) is 0 Å². The molecule has 2 aromatic carbocycles. The molecule has 0 fully saturated rings. The van der Waals surface area contributed by atoms with Gasteiger partial charge in [0.05, 0.1) is 18.2 Å². The van der Waals surface area contributed by atoms with Crippen molar-refractivity contribution < 1.29 is 14.3 Å². The summed E-state index contributed by atoms with van der Waals surface area (Å²) in [5.74, 6) is 0.384. The van der Waals surface area contributed by atoms with Gasteiger partial charge in [-0.15, -0.1) is 0 Å². The Bertz CT molecular complexity index is 915. The average molecular weight is 399 g/mol. The van der Waals surface area contributed by atoms with Crippen molar-refractivity contribution in [3.63, 3.8) is 0 Å². The maximum absolute atomic E-state index is 12.4. The van der Waals surface area contributed by atoms with Gasteiger partial charge in [-0.05, 0) is 56.2 Å². The Labute approximate surface area is 170 Å². The van der Waals surface area contributed by atoms with Crippen LogP contribution in [-0.4, -0.2) is 19.1 Å². The number of hydrogen-bond acceptors (Lipinski definition) is 4. The molecule has 1 amide bonds. The Morgan fingerprint density at radius 2 is 2.00 bits per heavy atom. The molecule has 0 aliphatic heterocycles. The minimum atomic E-state index is -0.499. The average Bonchev–Trinajstić information content (AvgIpc) is 2.69. The molecule has 0 aliphatic rings. The lowest BCUT2D eigenvalue weighted by Crippen LogP contribution is -2.13. The number of carbonyl (C=O) groups is 1. The molecular formula is C22H23ClN2O3. The summed E-state index contributed by atoms with van der Waals surface area (Å²) in [5, 5.41) is 12.5. The van der Waals surface area contributed by atoms with Crippen molar-refractivity contribution in [1.82, 2.24) is 0 Å². The van der Waals surface area contributed by atoms with Crippen LogP contribution in [0.4, 0.5) is 5.69 Å². The van der Waals surface area contributed by atoms with E-state index >= 15 is 0 Å². The van der Waals surface area contributed by atoms with Crippen LogP contribution in [0.25, 0.3) is 6.08 Å². The van der Waals surface area contributed by atoms with Gasteiger partial charge in [-0.25, -0.2) is 0 Å². The van der Waals surface area contributed by atoms with Crippen LogP contribution in [-0.2, 0) is 4.79 Å². The summed E-state index contributed by atoms with van der Waals surface area (Å²) in [6.07, 6.45) is 2.26. The fourth-order valence-electron chi connectivity index (χ4n) is 2.37. The molecule has 146 valence electrons. The van der Waals surface area contributed by atoms with E-state index in [0.717, 1.165) is 12.0 Å². The summed E-state index contributed by atoms with van der Waals surface area (Å²) in [5.41, 5.74) is 2.21. The summed E-state index contributed by atoms with van der Waals surface area (Å²) < 4.78 is 11.2. The first-order valence-corrected chi connectivity index (χ1v) is 9.29. The minimum absolute atomic E-state index is 0.0252. The Morgan fingerprint density at radius 1 is 1.32 bits per heavy atom. The number of nitrogens with zero attached hydrogens (tertiary/aromatic N) is 1. The second-order valence-electron chi connectivity index (χ2n) is 6.36. The highest BCUT2D eigenvalue weighted by Gasteiger charge is 2.16. The van der Waals surface area contributed by atoms with E-state index in [1.807, 2.05) is 39.0 Å². The number of anilines is 1. The predicted molar refractivity (Wildman–Crippen MR) is 112 cm³/mol. The molecule has 6 heteroatoms. The highest BCUT2D eigenvalue weighted by Crippen LogP contribution is 2.38. The van der Waals surface area contributed by atoms with Crippen LogP contribution >= 0.6 is 11.6 Å². The number of benzene rings is 2. The smallest absolute Gasteiger partial charge is 0.266 e. The fourth-order valence-corrected chi connectivity index (χ4v) is 2.64. The number of methoxy groups -OCH3 is 1. The Kier molecular flexibility index (Phi) is 7.48. The van der Waals surface area contributed by atoms with Crippen LogP contribution in [0.15, 0.2) is 42.0 Å². The summed E-state index contributed by atoms with van der Waals surface area (Å²) in [4.78, 5) is 12.4. The lowest BCUT2D eigenvalue weighted by atomic mass is 10.1. The van der Waals surface area contributed by atoms with Crippen molar-refractivity contribution >= 4 is 29.3 Å². The van der Waals surface area contributed by atoms with E-state index in [4.69, 9.17) is 21.1 Å². The zero-order valence-electron chi connectivity index (χ0n) is 16.4. The molecule has 0 saturated carbocycles. The molecule has 0 bridgehead atoms. The largest absolute Gasteiger partial charge is 0.493 e. The third-order valence-electron chi connectivity index (χ3n) is 4.13. The number of rotatable bonds is 7. The lowest BCUT2D eigenvalue weighted by Gasteiger charge is -2.17. The standard InChI is InChI=1S/C22H23ClN2O3/c1-5-15(3)28-21-19(23)11-16(12-20(21)27-4)10-17(13-24)22(26)25-18-8-6-14(2)7-9-18/h6-12,15H,5H2,1-4H3,(H,25,26)/b17-10-. The molecule has 2 rings (SSSR count). The van der Waals surface area contributed by atoms with Gasteiger partial charge in [0, 0.05) is 5.69 Å². The monoisotopic (exact) mass is 398 g/mol. The summed E-state index contributed by atoms with van der Waals surface area (Å²) in [6.45, 7) is 5.90. The van der Waals surface area contributed by atoms with Gasteiger partial charge in [0.25, 0.3) is 5.91 Å². The normalized spacial score (nSPS) is 12.1. The quantitative estimate of drug-likeness (QED) is 0.502. The van der Waals surface area contributed by atoms with Gasteiger partial charge in [-0.3, -0.25) is 4.79 Å². The van der Waals surface area contributed by atoms with Crippen LogP contribution in [0.2, 0.25) is 5.02 Å². The first-order chi connectivity index (χ1) is 13.4. The maximum Gasteiger partial charge on any atom is 0.266 e. The van der Waals surface area contributed by atoms with E-state index in [9.17, 15) is 10.1 Å². The number of nitriles is 1. The maximum atomic E-state index is 12.4. The summed E-state index contributed by atoms with van der Waals surface area (Å²) in [7, 11) is 1.51. The molecule has 0 spiro atoms. The zero-order chi connectivity index (χ0) is 20.7. The van der Waals surface area contributed by atoms with Gasteiger partial charge in [0.1, 0.15) is 11.6 Å². The number of nitrogens with one attached hydrogen (secondary N) is 1. The first kappa shape index (κ1) is 21.3. The minimum Gasteiger partial charge on any atom is -0.493 e. The number of carbonyl (C=O) groups excluding carboxylic acids is 1. The molecule has 1 unspecified atom stereocenters. The molecule has 28 heavy (non-hydrogen) atoms. The second kappa shape index (κ2) is 9.82. The number of aryl methyl sites for hydroxylation is 1. The third kappa shape index (κ3) is 5.51. The van der Waals surface area contributed by atoms with Crippen molar-refractivity contribution in [3.8, 4) is 17.6 Å². The van der Waals surface area contributed by atoms with Crippen molar-refractivity contribution in [3.05, 3.63) is 58.1 Å². The highest BCUT2D eigenvalue weighted by molar-refractivity contribution is 6.32. The van der Waals surface area contributed by atoms with Gasteiger partial charge in [-0.2, -0.15) is 5.26 Å². The molecule has 0 saturated heterocycles. The topological polar surface area (TPSA) is 71.3 Å². The Morgan fingerprint density at radius 3 is 2.57 bits per heavy atom. The van der Waals surface area contributed by atoms with Crippen LogP contribution in [0.1, 0.15) is 31.4 Å². The molecule has 0 aliphatic carbocycles. The highest BCUT2D eigenvalue weighted by atomic mass is 35.5. The number of halogens is 1. The fraction of sp³-hybridized carbons (Fsp3) is 0.273. The first-order valence-electron chi connectivity index (χ1n) is 8.92. The van der Waals surface area contributed by atoms with E-state index in [2.05, 4.69) is 5.32 Å². The molecule has 5 nitrogen and oxygen atoms in total. The Hall–Kier alpha value is -2.97. The van der Waals surface area contributed by atoms with Gasteiger partial charge >= 0.3 is 0 Å². The molecule has 2 aromatic rings. The SMILES string of the molecule is CCC(C)Oc1c(Cl)cc(/C=C(/C#N)C(=O)Nc2ccc(C)cc2)cc1OC. The second-order valence-corrected chi connectivity index (χ2v) is 6.77.